The van der Waals surface area contributed by atoms with Crippen LogP contribution in [-0.2, 0) is 17.7 Å². The zero-order valence-electron chi connectivity index (χ0n) is 18.0. The van der Waals surface area contributed by atoms with Gasteiger partial charge in [0.25, 0.3) is 0 Å². The number of aryl methyl sites for hydroxylation is 1. The lowest BCUT2D eigenvalue weighted by Gasteiger charge is -2.27. The molecule has 0 fully saturated rings. The van der Waals surface area contributed by atoms with Gasteiger partial charge in [0.15, 0.2) is 0 Å². The van der Waals surface area contributed by atoms with Crippen molar-refractivity contribution >= 4 is 0 Å². The van der Waals surface area contributed by atoms with Crippen LogP contribution in [0, 0.1) is 0 Å². The molecule has 1 heterocycles. The normalized spacial score (nSPS) is 17.8. The third-order valence-electron chi connectivity index (χ3n) is 6.38. The quantitative estimate of drug-likeness (QED) is 0.407. The molecule has 0 spiro atoms. The minimum absolute atomic E-state index is 0.102. The molecule has 0 aromatic heterocycles. The first-order valence-electron chi connectivity index (χ1n) is 11.3. The van der Waals surface area contributed by atoms with E-state index in [2.05, 4.69) is 89.8 Å². The Morgan fingerprint density at radius 3 is 2.33 bits per heavy atom. The SMILES string of the molecule is CO[C@H](c1ccccc1)[C@H]1CCN(CCCCc2ccccc2)Cc2ccccc21. The minimum atomic E-state index is 0.102. The average Bonchev–Trinajstić information content (AvgIpc) is 2.98. The fraction of sp³-hybridized carbons (Fsp3) is 0.357. The maximum Gasteiger partial charge on any atom is 0.0890 e. The van der Waals surface area contributed by atoms with Gasteiger partial charge >= 0.3 is 0 Å². The van der Waals surface area contributed by atoms with Crippen molar-refractivity contribution in [1.82, 2.24) is 4.90 Å². The van der Waals surface area contributed by atoms with Gasteiger partial charge in [0.2, 0.25) is 0 Å². The van der Waals surface area contributed by atoms with E-state index in [0.29, 0.717) is 5.92 Å². The molecule has 0 saturated carbocycles. The van der Waals surface area contributed by atoms with Gasteiger partial charge in [0.1, 0.15) is 0 Å². The number of hydrogen-bond acceptors (Lipinski definition) is 2. The number of unbranched alkanes of at least 4 members (excludes halogenated alkanes) is 1. The van der Waals surface area contributed by atoms with Crippen molar-refractivity contribution in [3.8, 4) is 0 Å². The van der Waals surface area contributed by atoms with Crippen LogP contribution in [0.2, 0.25) is 0 Å². The summed E-state index contributed by atoms with van der Waals surface area (Å²) in [6.45, 7) is 3.33. The molecule has 0 bridgehead atoms. The van der Waals surface area contributed by atoms with Crippen molar-refractivity contribution in [2.45, 2.75) is 44.2 Å². The molecule has 3 aromatic carbocycles. The molecular formula is C28H33NO. The second-order valence-electron chi connectivity index (χ2n) is 8.38. The largest absolute Gasteiger partial charge is 0.376 e. The van der Waals surface area contributed by atoms with Gasteiger partial charge < -0.3 is 4.74 Å². The third-order valence-corrected chi connectivity index (χ3v) is 6.38. The molecule has 0 saturated heterocycles. The number of ether oxygens (including phenoxy) is 1. The molecule has 4 rings (SSSR count). The molecule has 1 aliphatic rings. The van der Waals surface area contributed by atoms with E-state index in [1.807, 2.05) is 7.11 Å². The number of hydrogen-bond donors (Lipinski definition) is 0. The summed E-state index contributed by atoms with van der Waals surface area (Å²) in [5, 5.41) is 0. The Kier molecular flexibility index (Phi) is 7.34. The maximum atomic E-state index is 6.05. The van der Waals surface area contributed by atoms with Gasteiger partial charge in [-0.1, -0.05) is 84.9 Å². The molecule has 2 heteroatoms. The number of benzene rings is 3. The summed E-state index contributed by atoms with van der Waals surface area (Å²) in [6.07, 6.45) is 4.90. The van der Waals surface area contributed by atoms with Crippen LogP contribution >= 0.6 is 0 Å². The summed E-state index contributed by atoms with van der Waals surface area (Å²) in [7, 11) is 1.85. The Balaban J connectivity index is 1.43. The summed E-state index contributed by atoms with van der Waals surface area (Å²) in [6, 6.07) is 30.5. The summed E-state index contributed by atoms with van der Waals surface area (Å²) < 4.78 is 6.05. The van der Waals surface area contributed by atoms with Crippen LogP contribution in [0.25, 0.3) is 0 Å². The summed E-state index contributed by atoms with van der Waals surface area (Å²) in [5.74, 6) is 0.392. The molecule has 0 aliphatic carbocycles. The molecule has 2 atom stereocenters. The lowest BCUT2D eigenvalue weighted by Crippen LogP contribution is -2.25. The molecule has 2 nitrogen and oxygen atoms in total. The lowest BCUT2D eigenvalue weighted by molar-refractivity contribution is 0.0735. The highest BCUT2D eigenvalue weighted by molar-refractivity contribution is 5.34. The minimum Gasteiger partial charge on any atom is -0.376 e. The van der Waals surface area contributed by atoms with Crippen molar-refractivity contribution in [1.29, 1.82) is 0 Å². The van der Waals surface area contributed by atoms with E-state index >= 15 is 0 Å². The van der Waals surface area contributed by atoms with E-state index in [1.165, 1.54) is 41.5 Å². The van der Waals surface area contributed by atoms with Crippen molar-refractivity contribution < 1.29 is 4.74 Å². The zero-order chi connectivity index (χ0) is 20.6. The van der Waals surface area contributed by atoms with Crippen molar-refractivity contribution in [3.63, 3.8) is 0 Å². The molecule has 0 amide bonds. The predicted octanol–water partition coefficient (Wildman–Crippen LogP) is 6.39. The Bertz CT molecular complexity index is 893. The second kappa shape index (κ2) is 10.6. The predicted molar refractivity (Wildman–Crippen MR) is 125 cm³/mol. The highest BCUT2D eigenvalue weighted by Crippen LogP contribution is 2.40. The fourth-order valence-corrected chi connectivity index (χ4v) is 4.83. The van der Waals surface area contributed by atoms with Crippen LogP contribution < -0.4 is 0 Å². The molecule has 0 unspecified atom stereocenters. The van der Waals surface area contributed by atoms with Crippen LogP contribution in [0.3, 0.4) is 0 Å². The number of methoxy groups -OCH3 is 1. The average molecular weight is 400 g/mol. The van der Waals surface area contributed by atoms with Gasteiger partial charge in [-0.2, -0.15) is 0 Å². The van der Waals surface area contributed by atoms with Crippen molar-refractivity contribution in [2.75, 3.05) is 20.2 Å². The van der Waals surface area contributed by atoms with Gasteiger partial charge in [0, 0.05) is 19.6 Å². The Hall–Kier alpha value is -2.42. The summed E-state index contributed by atoms with van der Waals surface area (Å²) in [5.41, 5.74) is 5.64. The number of rotatable bonds is 8. The third kappa shape index (κ3) is 5.19. The molecule has 30 heavy (non-hydrogen) atoms. The van der Waals surface area contributed by atoms with Crippen LogP contribution in [-0.4, -0.2) is 25.1 Å². The summed E-state index contributed by atoms with van der Waals surface area (Å²) >= 11 is 0. The van der Waals surface area contributed by atoms with Crippen molar-refractivity contribution in [2.24, 2.45) is 0 Å². The molecule has 156 valence electrons. The summed E-state index contributed by atoms with van der Waals surface area (Å²) in [4.78, 5) is 2.64. The first kappa shape index (κ1) is 20.8. The van der Waals surface area contributed by atoms with E-state index in [9.17, 15) is 0 Å². The van der Waals surface area contributed by atoms with E-state index in [0.717, 1.165) is 26.1 Å². The van der Waals surface area contributed by atoms with E-state index < -0.39 is 0 Å². The lowest BCUT2D eigenvalue weighted by atomic mass is 9.85. The molecular weight excluding hydrogens is 366 g/mol. The smallest absolute Gasteiger partial charge is 0.0890 e. The first-order chi connectivity index (χ1) is 14.8. The molecule has 0 radical (unpaired) electrons. The van der Waals surface area contributed by atoms with Crippen LogP contribution in [0.1, 0.15) is 53.5 Å². The second-order valence-corrected chi connectivity index (χ2v) is 8.38. The van der Waals surface area contributed by atoms with Gasteiger partial charge in [-0.25, -0.2) is 0 Å². The molecule has 1 aliphatic heterocycles. The van der Waals surface area contributed by atoms with Gasteiger partial charge in [-0.05, 0) is 61.0 Å². The molecule has 3 aromatic rings. The van der Waals surface area contributed by atoms with E-state index in [-0.39, 0.29) is 6.10 Å². The van der Waals surface area contributed by atoms with Gasteiger partial charge in [0.05, 0.1) is 6.10 Å². The fourth-order valence-electron chi connectivity index (χ4n) is 4.83. The highest BCUT2D eigenvalue weighted by atomic mass is 16.5. The van der Waals surface area contributed by atoms with Crippen LogP contribution in [0.4, 0.5) is 0 Å². The van der Waals surface area contributed by atoms with E-state index in [1.54, 1.807) is 0 Å². The highest BCUT2D eigenvalue weighted by Gasteiger charge is 2.29. The number of fused-ring (bicyclic) bond motifs is 1. The van der Waals surface area contributed by atoms with Gasteiger partial charge in [-0.15, -0.1) is 0 Å². The maximum absolute atomic E-state index is 6.05. The standard InChI is InChI=1S/C28H33NO/c1-30-28(24-15-6-3-7-16-24)27-19-21-29(22-25-17-8-9-18-26(25)27)20-11-10-14-23-12-4-2-5-13-23/h2-9,12-13,15-18,27-28H,10-11,14,19-22H2,1H3/t27-,28+/m0/s1. The monoisotopic (exact) mass is 399 g/mol. The van der Waals surface area contributed by atoms with Crippen LogP contribution in [0.5, 0.6) is 0 Å². The van der Waals surface area contributed by atoms with Crippen LogP contribution in [0.15, 0.2) is 84.9 Å². The van der Waals surface area contributed by atoms with Crippen molar-refractivity contribution in [3.05, 3.63) is 107 Å². The van der Waals surface area contributed by atoms with E-state index in [4.69, 9.17) is 4.74 Å². The van der Waals surface area contributed by atoms with Gasteiger partial charge in [-0.3, -0.25) is 4.90 Å². The molecule has 0 N–H and O–H groups in total. The first-order valence-corrected chi connectivity index (χ1v) is 11.3. The zero-order valence-corrected chi connectivity index (χ0v) is 18.0. The Labute approximate surface area is 181 Å². The topological polar surface area (TPSA) is 12.5 Å². The Morgan fingerprint density at radius 1 is 0.867 bits per heavy atom. The Morgan fingerprint density at radius 2 is 1.57 bits per heavy atom. The number of nitrogens with zero attached hydrogens (tertiary/aromatic N) is 1.